The van der Waals surface area contributed by atoms with Gasteiger partial charge < -0.3 is 4.74 Å². The second kappa shape index (κ2) is 8.61. The first-order valence-electron chi connectivity index (χ1n) is 9.02. The second-order valence-electron chi connectivity index (χ2n) is 6.39. The lowest BCUT2D eigenvalue weighted by Crippen LogP contribution is -2.54. The summed E-state index contributed by atoms with van der Waals surface area (Å²) in [7, 11) is 0. The summed E-state index contributed by atoms with van der Waals surface area (Å²) in [6.07, 6.45) is 1.55. The smallest absolute Gasteiger partial charge is 0.270 e. The number of para-hydroxylation sites is 1. The van der Waals surface area contributed by atoms with Crippen LogP contribution in [0.2, 0.25) is 0 Å². The highest BCUT2D eigenvalue weighted by Gasteiger charge is 2.34. The molecule has 4 rings (SSSR count). The highest BCUT2D eigenvalue weighted by atomic mass is 79.9. The third-order valence-corrected chi connectivity index (χ3v) is 5.39. The van der Waals surface area contributed by atoms with E-state index in [2.05, 4.69) is 21.2 Å². The fourth-order valence-corrected chi connectivity index (χ4v) is 3.61. The van der Waals surface area contributed by atoms with Crippen LogP contribution < -0.4 is 15.0 Å². The van der Waals surface area contributed by atoms with Gasteiger partial charge in [-0.05, 0) is 66.3 Å². The maximum atomic E-state index is 13.1. The van der Waals surface area contributed by atoms with Crippen molar-refractivity contribution in [3.8, 4) is 11.5 Å². The second-order valence-corrected chi connectivity index (χ2v) is 7.63. The number of hydrogen-bond acceptors (Lipinski definition) is 4. The topological polar surface area (TPSA) is 58.6 Å². The molecular formula is C23H15BrN2O3S. The van der Waals surface area contributed by atoms with E-state index >= 15 is 0 Å². The molecule has 2 amide bonds. The molecule has 1 aliphatic rings. The van der Waals surface area contributed by atoms with Crippen LogP contribution in [0.3, 0.4) is 0 Å². The van der Waals surface area contributed by atoms with Gasteiger partial charge in [0.15, 0.2) is 5.11 Å². The molecule has 0 aliphatic carbocycles. The van der Waals surface area contributed by atoms with E-state index in [0.29, 0.717) is 17.2 Å². The van der Waals surface area contributed by atoms with Crippen LogP contribution in [0.15, 0.2) is 88.9 Å². The third-order valence-electron chi connectivity index (χ3n) is 4.38. The van der Waals surface area contributed by atoms with Crippen LogP contribution in [0, 0.1) is 0 Å². The van der Waals surface area contributed by atoms with Crippen molar-refractivity contribution in [2.45, 2.75) is 0 Å². The van der Waals surface area contributed by atoms with Gasteiger partial charge in [-0.15, -0.1) is 0 Å². The highest BCUT2D eigenvalue weighted by molar-refractivity contribution is 9.10. The van der Waals surface area contributed by atoms with E-state index in [1.165, 1.54) is 4.90 Å². The average Bonchev–Trinajstić information content (AvgIpc) is 2.74. The molecule has 5 nitrogen and oxygen atoms in total. The van der Waals surface area contributed by atoms with Crippen LogP contribution in [0.1, 0.15) is 5.56 Å². The normalized spacial score (nSPS) is 15.3. The molecule has 0 atom stereocenters. The quantitative estimate of drug-likeness (QED) is 0.323. The summed E-state index contributed by atoms with van der Waals surface area (Å²) >= 11 is 8.68. The van der Waals surface area contributed by atoms with Crippen molar-refractivity contribution in [1.82, 2.24) is 5.32 Å². The predicted molar refractivity (Wildman–Crippen MR) is 123 cm³/mol. The molecule has 0 unspecified atom stereocenters. The summed E-state index contributed by atoms with van der Waals surface area (Å²) in [6.45, 7) is 0. The molecule has 30 heavy (non-hydrogen) atoms. The van der Waals surface area contributed by atoms with Crippen molar-refractivity contribution in [1.29, 1.82) is 0 Å². The fraction of sp³-hybridized carbons (Fsp3) is 0. The van der Waals surface area contributed by atoms with E-state index in [1.54, 1.807) is 30.3 Å². The molecule has 1 fully saturated rings. The van der Waals surface area contributed by atoms with Crippen LogP contribution in [0.25, 0.3) is 6.08 Å². The molecule has 148 valence electrons. The number of hydrogen-bond donors (Lipinski definition) is 1. The molecule has 1 N–H and O–H groups in total. The van der Waals surface area contributed by atoms with E-state index in [9.17, 15) is 9.59 Å². The molecule has 7 heteroatoms. The van der Waals surface area contributed by atoms with Crippen molar-refractivity contribution in [3.05, 3.63) is 94.5 Å². The first kappa shape index (κ1) is 20.0. The van der Waals surface area contributed by atoms with Crippen LogP contribution >= 0.6 is 28.1 Å². The van der Waals surface area contributed by atoms with Crippen molar-refractivity contribution < 1.29 is 14.3 Å². The van der Waals surface area contributed by atoms with Gasteiger partial charge in [-0.2, -0.15) is 0 Å². The maximum Gasteiger partial charge on any atom is 0.270 e. The average molecular weight is 479 g/mol. The number of amides is 2. The molecule has 0 spiro atoms. The molecule has 3 aromatic rings. The Morgan fingerprint density at radius 3 is 2.20 bits per heavy atom. The number of nitrogens with zero attached hydrogens (tertiary/aromatic N) is 1. The Kier molecular flexibility index (Phi) is 5.74. The summed E-state index contributed by atoms with van der Waals surface area (Å²) in [6, 6.07) is 23.6. The van der Waals surface area contributed by atoms with Crippen LogP contribution in [-0.2, 0) is 9.59 Å². The van der Waals surface area contributed by atoms with Crippen LogP contribution in [0.4, 0.5) is 5.69 Å². The Bertz CT molecular complexity index is 1160. The molecule has 0 aromatic heterocycles. The number of nitrogens with one attached hydrogen (secondary N) is 1. The number of thiocarbonyl (C=S) groups is 1. The monoisotopic (exact) mass is 478 g/mol. The van der Waals surface area contributed by atoms with Gasteiger partial charge in [0.1, 0.15) is 17.1 Å². The summed E-state index contributed by atoms with van der Waals surface area (Å²) in [5.74, 6) is 0.311. The minimum atomic E-state index is -0.527. The van der Waals surface area contributed by atoms with Crippen molar-refractivity contribution in [2.75, 3.05) is 4.90 Å². The van der Waals surface area contributed by atoms with Gasteiger partial charge >= 0.3 is 0 Å². The van der Waals surface area contributed by atoms with E-state index in [0.717, 1.165) is 10.0 Å². The zero-order valence-corrected chi connectivity index (χ0v) is 17.9. The number of benzene rings is 3. The lowest BCUT2D eigenvalue weighted by Gasteiger charge is -2.29. The van der Waals surface area contributed by atoms with Crippen LogP contribution in [-0.4, -0.2) is 16.9 Å². The van der Waals surface area contributed by atoms with Gasteiger partial charge in [0.25, 0.3) is 11.8 Å². The predicted octanol–water partition coefficient (Wildman–Crippen LogP) is 5.07. The van der Waals surface area contributed by atoms with Gasteiger partial charge in [-0.25, -0.2) is 0 Å². The summed E-state index contributed by atoms with van der Waals surface area (Å²) in [5.41, 5.74) is 1.25. The van der Waals surface area contributed by atoms with Gasteiger partial charge in [-0.3, -0.25) is 19.8 Å². The van der Waals surface area contributed by atoms with E-state index in [-0.39, 0.29) is 10.7 Å². The summed E-state index contributed by atoms with van der Waals surface area (Å²) in [5, 5.41) is 2.62. The number of halogens is 1. The first-order chi connectivity index (χ1) is 14.5. The zero-order valence-electron chi connectivity index (χ0n) is 15.5. The molecule has 1 heterocycles. The van der Waals surface area contributed by atoms with Gasteiger partial charge in [0, 0.05) is 4.47 Å². The van der Waals surface area contributed by atoms with Crippen molar-refractivity contribution in [2.24, 2.45) is 0 Å². The number of carbonyl (C=O) groups excluding carboxylic acids is 2. The van der Waals surface area contributed by atoms with E-state index in [1.807, 2.05) is 54.6 Å². The van der Waals surface area contributed by atoms with Crippen molar-refractivity contribution in [3.63, 3.8) is 0 Å². The van der Waals surface area contributed by atoms with E-state index < -0.39 is 11.8 Å². The standard InChI is InChI=1S/C23H15BrN2O3S/c24-20-9-5-4-6-15(20)14-19-21(27)25-23(30)26(22(19)28)16-10-12-18(13-11-16)29-17-7-2-1-3-8-17/h1-14H,(H,25,27,30). The lowest BCUT2D eigenvalue weighted by molar-refractivity contribution is -0.122. The number of rotatable bonds is 4. The van der Waals surface area contributed by atoms with Gasteiger partial charge in [0.05, 0.1) is 5.69 Å². The number of ether oxygens (including phenoxy) is 1. The first-order valence-corrected chi connectivity index (χ1v) is 10.2. The Balaban J connectivity index is 1.61. The molecular weight excluding hydrogens is 464 g/mol. The van der Waals surface area contributed by atoms with Gasteiger partial charge in [0.2, 0.25) is 0 Å². The molecule has 0 saturated carbocycles. The highest BCUT2D eigenvalue weighted by Crippen LogP contribution is 2.27. The Hall–Kier alpha value is -3.29. The number of carbonyl (C=O) groups is 2. The molecule has 1 saturated heterocycles. The molecule has 1 aliphatic heterocycles. The minimum absolute atomic E-state index is 0.000104. The Morgan fingerprint density at radius 1 is 0.867 bits per heavy atom. The summed E-state index contributed by atoms with van der Waals surface area (Å²) < 4.78 is 6.56. The maximum absolute atomic E-state index is 13.1. The minimum Gasteiger partial charge on any atom is -0.457 e. The third kappa shape index (κ3) is 4.17. The SMILES string of the molecule is O=C1NC(=S)N(c2ccc(Oc3ccccc3)cc2)C(=O)C1=Cc1ccccc1Br. The fourth-order valence-electron chi connectivity index (χ4n) is 2.93. The Labute approximate surface area is 187 Å². The van der Waals surface area contributed by atoms with Gasteiger partial charge in [-0.1, -0.05) is 52.3 Å². The van der Waals surface area contributed by atoms with E-state index in [4.69, 9.17) is 17.0 Å². The Morgan fingerprint density at radius 2 is 1.50 bits per heavy atom. The van der Waals surface area contributed by atoms with Crippen LogP contribution in [0.5, 0.6) is 11.5 Å². The molecule has 3 aromatic carbocycles. The zero-order chi connectivity index (χ0) is 21.1. The molecule has 0 bridgehead atoms. The summed E-state index contributed by atoms with van der Waals surface area (Å²) in [4.78, 5) is 26.8. The largest absolute Gasteiger partial charge is 0.457 e. The number of anilines is 1. The lowest BCUT2D eigenvalue weighted by atomic mass is 10.1. The molecule has 0 radical (unpaired) electrons. The van der Waals surface area contributed by atoms with Crippen molar-refractivity contribution >= 4 is 56.8 Å².